The standard InChI is InChI=1S/C19H38OSi/c1-10-12-13-14-15-16(17(20)19(6,7)11-2)21(8,9)18(3,4)5/h11,16H,2,10,12-15H2,1,3-9H3. The molecule has 0 aliphatic rings. The largest absolute Gasteiger partial charge is 0.299 e. The van der Waals surface area contributed by atoms with Crippen molar-refractivity contribution in [3.63, 3.8) is 0 Å². The molecule has 0 aliphatic carbocycles. The Hall–Kier alpha value is -0.373. The highest BCUT2D eigenvalue weighted by molar-refractivity contribution is 6.84. The quantitative estimate of drug-likeness (QED) is 0.266. The summed E-state index contributed by atoms with van der Waals surface area (Å²) in [5.74, 6) is 0.417. The molecule has 0 aromatic carbocycles. The number of hydrogen-bond donors (Lipinski definition) is 0. The van der Waals surface area contributed by atoms with Crippen LogP contribution in [0.3, 0.4) is 0 Å². The van der Waals surface area contributed by atoms with Gasteiger partial charge >= 0.3 is 0 Å². The van der Waals surface area contributed by atoms with Crippen LogP contribution in [0.2, 0.25) is 23.7 Å². The molecule has 0 N–H and O–H groups in total. The van der Waals surface area contributed by atoms with Crippen LogP contribution in [0.15, 0.2) is 12.7 Å². The van der Waals surface area contributed by atoms with Gasteiger partial charge in [-0.1, -0.05) is 72.5 Å². The molecule has 0 aromatic rings. The van der Waals surface area contributed by atoms with Crippen molar-refractivity contribution in [1.82, 2.24) is 0 Å². The summed E-state index contributed by atoms with van der Waals surface area (Å²) in [5.41, 5.74) is -0.160. The Balaban J connectivity index is 5.29. The van der Waals surface area contributed by atoms with E-state index in [-0.39, 0.29) is 10.6 Å². The first-order valence-electron chi connectivity index (χ1n) is 8.59. The van der Waals surface area contributed by atoms with Crippen LogP contribution in [0.5, 0.6) is 0 Å². The summed E-state index contributed by atoms with van der Waals surface area (Å²) >= 11 is 0. The van der Waals surface area contributed by atoms with Crippen molar-refractivity contribution >= 4 is 13.9 Å². The Morgan fingerprint density at radius 3 is 2.00 bits per heavy atom. The van der Waals surface area contributed by atoms with E-state index in [4.69, 9.17) is 0 Å². The van der Waals surface area contributed by atoms with Crippen LogP contribution in [0.4, 0.5) is 0 Å². The van der Waals surface area contributed by atoms with E-state index >= 15 is 0 Å². The third-order valence-corrected chi connectivity index (χ3v) is 11.8. The zero-order valence-corrected chi connectivity index (χ0v) is 16.8. The number of ketones is 1. The molecular formula is C19H38OSi. The maximum absolute atomic E-state index is 13.1. The van der Waals surface area contributed by atoms with Crippen molar-refractivity contribution < 1.29 is 4.79 Å². The summed E-state index contributed by atoms with van der Waals surface area (Å²) in [6.07, 6.45) is 7.86. The van der Waals surface area contributed by atoms with E-state index in [9.17, 15) is 4.79 Å². The molecule has 124 valence electrons. The molecule has 0 heterocycles. The van der Waals surface area contributed by atoms with Gasteiger partial charge in [-0.25, -0.2) is 0 Å². The van der Waals surface area contributed by atoms with E-state index in [0.717, 1.165) is 6.42 Å². The van der Waals surface area contributed by atoms with Gasteiger partial charge in [0, 0.05) is 11.0 Å². The normalized spacial score (nSPS) is 14.9. The van der Waals surface area contributed by atoms with Gasteiger partial charge in [0.25, 0.3) is 0 Å². The number of Topliss-reactive ketones (excluding diaryl/α,β-unsaturated/α-hetero) is 1. The summed E-state index contributed by atoms with van der Waals surface area (Å²) < 4.78 is 0. The van der Waals surface area contributed by atoms with Gasteiger partial charge in [0.15, 0.2) is 0 Å². The maximum atomic E-state index is 13.1. The molecule has 0 aliphatic heterocycles. The van der Waals surface area contributed by atoms with Crippen molar-refractivity contribution in [2.24, 2.45) is 5.41 Å². The fourth-order valence-electron chi connectivity index (χ4n) is 2.67. The van der Waals surface area contributed by atoms with Gasteiger partial charge < -0.3 is 0 Å². The van der Waals surface area contributed by atoms with E-state index in [2.05, 4.69) is 47.4 Å². The van der Waals surface area contributed by atoms with Crippen LogP contribution >= 0.6 is 0 Å². The van der Waals surface area contributed by atoms with Crippen molar-refractivity contribution in [3.05, 3.63) is 12.7 Å². The lowest BCUT2D eigenvalue weighted by atomic mass is 9.85. The van der Waals surface area contributed by atoms with E-state index in [1.807, 2.05) is 19.9 Å². The Kier molecular flexibility index (Phi) is 7.62. The molecule has 1 nitrogen and oxygen atoms in total. The number of carbonyl (C=O) groups excluding carboxylic acids is 1. The molecule has 0 spiro atoms. The third kappa shape index (κ3) is 5.39. The second-order valence-electron chi connectivity index (χ2n) is 8.66. The lowest BCUT2D eigenvalue weighted by Gasteiger charge is -2.44. The van der Waals surface area contributed by atoms with E-state index < -0.39 is 13.5 Å². The first kappa shape index (κ1) is 20.6. The van der Waals surface area contributed by atoms with Gasteiger partial charge in [-0.15, -0.1) is 6.58 Å². The molecule has 21 heavy (non-hydrogen) atoms. The molecule has 0 radical (unpaired) electrons. The fraction of sp³-hybridized carbons (Fsp3) is 0.842. The molecule has 0 bridgehead atoms. The molecule has 0 saturated heterocycles. The Bertz CT molecular complexity index is 347. The molecular weight excluding hydrogens is 272 g/mol. The zero-order chi connectivity index (χ0) is 16.9. The molecule has 0 fully saturated rings. The van der Waals surface area contributed by atoms with Crippen molar-refractivity contribution in [2.45, 2.75) is 97.3 Å². The van der Waals surface area contributed by atoms with Gasteiger partial charge in [0.05, 0.1) is 8.07 Å². The number of hydrogen-bond acceptors (Lipinski definition) is 1. The Morgan fingerprint density at radius 2 is 1.62 bits per heavy atom. The third-order valence-electron chi connectivity index (χ3n) is 5.61. The highest BCUT2D eigenvalue weighted by Crippen LogP contribution is 2.48. The van der Waals surface area contributed by atoms with Gasteiger partial charge in [-0.05, 0) is 25.3 Å². The highest BCUT2D eigenvalue weighted by atomic mass is 28.3. The number of unbranched alkanes of at least 4 members (excludes halogenated alkanes) is 3. The molecule has 0 aromatic heterocycles. The minimum atomic E-state index is -1.68. The molecule has 1 unspecified atom stereocenters. The molecule has 0 amide bonds. The van der Waals surface area contributed by atoms with Crippen LogP contribution in [-0.4, -0.2) is 13.9 Å². The van der Waals surface area contributed by atoms with Gasteiger partial charge in [-0.2, -0.15) is 0 Å². The highest BCUT2D eigenvalue weighted by Gasteiger charge is 2.47. The monoisotopic (exact) mass is 310 g/mol. The van der Waals surface area contributed by atoms with E-state index in [0.29, 0.717) is 5.78 Å². The summed E-state index contributed by atoms with van der Waals surface area (Å²) in [5, 5.41) is 0.245. The molecule has 0 rings (SSSR count). The van der Waals surface area contributed by atoms with Crippen LogP contribution < -0.4 is 0 Å². The summed E-state index contributed by atoms with van der Waals surface area (Å²) in [7, 11) is -1.68. The van der Waals surface area contributed by atoms with Gasteiger partial charge in [0.2, 0.25) is 0 Å². The van der Waals surface area contributed by atoms with Crippen LogP contribution in [0, 0.1) is 5.41 Å². The van der Waals surface area contributed by atoms with Gasteiger partial charge in [-0.3, -0.25) is 4.79 Å². The first-order valence-corrected chi connectivity index (χ1v) is 11.7. The first-order chi connectivity index (χ1) is 9.41. The topological polar surface area (TPSA) is 17.1 Å². The van der Waals surface area contributed by atoms with Crippen LogP contribution in [0.25, 0.3) is 0 Å². The SMILES string of the molecule is C=CC(C)(C)C(=O)C(CCCCCC)[Si](C)(C)C(C)(C)C. The van der Waals surface area contributed by atoms with Crippen molar-refractivity contribution in [2.75, 3.05) is 0 Å². The average molecular weight is 311 g/mol. The average Bonchev–Trinajstić information content (AvgIpc) is 2.36. The smallest absolute Gasteiger partial charge is 0.142 e. The zero-order valence-electron chi connectivity index (χ0n) is 15.8. The summed E-state index contributed by atoms with van der Waals surface area (Å²) in [6, 6.07) is 0. The van der Waals surface area contributed by atoms with Crippen LogP contribution in [-0.2, 0) is 4.79 Å². The van der Waals surface area contributed by atoms with E-state index in [1.54, 1.807) is 0 Å². The predicted octanol–water partition coefficient (Wildman–Crippen LogP) is 6.62. The van der Waals surface area contributed by atoms with Crippen molar-refractivity contribution in [3.8, 4) is 0 Å². The number of rotatable bonds is 9. The summed E-state index contributed by atoms with van der Waals surface area (Å²) in [4.78, 5) is 13.1. The van der Waals surface area contributed by atoms with Gasteiger partial charge in [0.1, 0.15) is 5.78 Å². The number of carbonyl (C=O) groups is 1. The minimum Gasteiger partial charge on any atom is -0.299 e. The fourth-order valence-corrected chi connectivity index (χ4v) is 5.67. The predicted molar refractivity (Wildman–Crippen MR) is 98.7 cm³/mol. The van der Waals surface area contributed by atoms with Crippen LogP contribution in [0.1, 0.15) is 73.6 Å². The lowest BCUT2D eigenvalue weighted by molar-refractivity contribution is -0.125. The second kappa shape index (κ2) is 7.76. The van der Waals surface area contributed by atoms with Crippen molar-refractivity contribution in [1.29, 1.82) is 0 Å². The lowest BCUT2D eigenvalue weighted by Crippen LogP contribution is -2.48. The second-order valence-corrected chi connectivity index (χ2v) is 14.3. The Morgan fingerprint density at radius 1 is 1.10 bits per heavy atom. The van der Waals surface area contributed by atoms with E-state index in [1.165, 1.54) is 25.7 Å². The summed E-state index contributed by atoms with van der Waals surface area (Å²) in [6.45, 7) is 21.9. The minimum absolute atomic E-state index is 0.238. The number of allylic oxidation sites excluding steroid dienone is 1. The molecule has 2 heteroatoms. The maximum Gasteiger partial charge on any atom is 0.142 e. The molecule has 1 atom stereocenters. The Labute approximate surface area is 134 Å². The molecule has 0 saturated carbocycles.